The molecule has 1 N–H and O–H groups in total. The van der Waals surface area contributed by atoms with Crippen molar-refractivity contribution in [1.29, 1.82) is 0 Å². The lowest BCUT2D eigenvalue weighted by molar-refractivity contribution is -0.123. The third kappa shape index (κ3) is 4.67. The van der Waals surface area contributed by atoms with E-state index >= 15 is 0 Å². The van der Waals surface area contributed by atoms with Crippen LogP contribution in [0.25, 0.3) is 0 Å². The van der Waals surface area contributed by atoms with E-state index in [0.717, 1.165) is 0 Å². The van der Waals surface area contributed by atoms with E-state index in [1.807, 2.05) is 0 Å². The zero-order chi connectivity index (χ0) is 11.3. The molecule has 1 aliphatic carbocycles. The van der Waals surface area contributed by atoms with E-state index in [-0.39, 0.29) is 5.91 Å². The first-order chi connectivity index (χ1) is 7.09. The van der Waals surface area contributed by atoms with Crippen LogP contribution in [0.4, 0.5) is 0 Å². The lowest BCUT2D eigenvalue weighted by atomic mass is 9.92. The van der Waals surface area contributed by atoms with Crippen LogP contribution in [0, 0.1) is 11.8 Å². The van der Waals surface area contributed by atoms with Crippen LogP contribution in [0.3, 0.4) is 0 Å². The molecule has 88 valence electrons. The van der Waals surface area contributed by atoms with Crippen LogP contribution in [-0.2, 0) is 4.79 Å². The molecule has 1 rings (SSSR count). The van der Waals surface area contributed by atoms with Crippen molar-refractivity contribution in [3.63, 3.8) is 0 Å². The zero-order valence-corrected chi connectivity index (χ0v) is 10.4. The van der Waals surface area contributed by atoms with Gasteiger partial charge in [-0.15, -0.1) is 0 Å². The van der Waals surface area contributed by atoms with Crippen molar-refractivity contribution in [2.75, 3.05) is 0 Å². The Balaban J connectivity index is 2.22. The molecule has 1 aliphatic rings. The Morgan fingerprint density at radius 2 is 1.80 bits per heavy atom. The lowest BCUT2D eigenvalue weighted by Gasteiger charge is -2.24. The predicted molar refractivity (Wildman–Crippen MR) is 63.6 cm³/mol. The van der Waals surface area contributed by atoms with E-state index in [2.05, 4.69) is 26.1 Å². The van der Waals surface area contributed by atoms with Gasteiger partial charge in [-0.3, -0.25) is 4.79 Å². The smallest absolute Gasteiger partial charge is 0.220 e. The van der Waals surface area contributed by atoms with Gasteiger partial charge in [0, 0.05) is 12.5 Å². The highest BCUT2D eigenvalue weighted by Crippen LogP contribution is 2.18. The van der Waals surface area contributed by atoms with E-state index in [1.165, 1.54) is 32.1 Å². The van der Waals surface area contributed by atoms with Gasteiger partial charge in [0.15, 0.2) is 0 Å². The Morgan fingerprint density at radius 1 is 1.20 bits per heavy atom. The van der Waals surface area contributed by atoms with E-state index in [9.17, 15) is 4.79 Å². The molecular formula is C13H25NO. The van der Waals surface area contributed by atoms with Crippen molar-refractivity contribution in [2.24, 2.45) is 11.8 Å². The topological polar surface area (TPSA) is 29.1 Å². The molecule has 0 bridgehead atoms. The van der Waals surface area contributed by atoms with Crippen molar-refractivity contribution in [2.45, 2.75) is 65.3 Å². The molecule has 0 aromatic rings. The highest BCUT2D eigenvalue weighted by Gasteiger charge is 2.18. The van der Waals surface area contributed by atoms with Crippen LogP contribution < -0.4 is 5.32 Å². The number of carbonyl (C=O) groups excluding carboxylic acids is 1. The van der Waals surface area contributed by atoms with Gasteiger partial charge in [0.2, 0.25) is 5.91 Å². The molecule has 0 spiro atoms. The van der Waals surface area contributed by atoms with Crippen LogP contribution in [0.2, 0.25) is 0 Å². The van der Waals surface area contributed by atoms with E-state index in [1.54, 1.807) is 0 Å². The summed E-state index contributed by atoms with van der Waals surface area (Å²) in [5, 5.41) is 3.17. The molecule has 0 aliphatic heterocycles. The molecule has 1 fully saturated rings. The van der Waals surface area contributed by atoms with Gasteiger partial charge in [-0.1, -0.05) is 40.0 Å². The Bertz CT molecular complexity index is 195. The molecule has 15 heavy (non-hydrogen) atoms. The van der Waals surface area contributed by atoms with Crippen LogP contribution in [-0.4, -0.2) is 11.9 Å². The van der Waals surface area contributed by atoms with Gasteiger partial charge in [-0.2, -0.15) is 0 Å². The molecule has 0 heterocycles. The van der Waals surface area contributed by atoms with Gasteiger partial charge in [0.1, 0.15) is 0 Å². The molecular weight excluding hydrogens is 186 g/mol. The van der Waals surface area contributed by atoms with Crippen molar-refractivity contribution in [3.05, 3.63) is 0 Å². The number of amides is 1. The second kappa shape index (κ2) is 6.14. The second-order valence-electron chi connectivity index (χ2n) is 5.33. The lowest BCUT2D eigenvalue weighted by Crippen LogP contribution is -2.37. The minimum atomic E-state index is 0.253. The summed E-state index contributed by atoms with van der Waals surface area (Å²) in [6.07, 6.45) is 6.96. The highest BCUT2D eigenvalue weighted by molar-refractivity contribution is 5.76. The summed E-state index contributed by atoms with van der Waals surface area (Å²) in [7, 11) is 0. The maximum absolute atomic E-state index is 11.7. The molecule has 2 nitrogen and oxygen atoms in total. The summed E-state index contributed by atoms with van der Waals surface area (Å²) >= 11 is 0. The highest BCUT2D eigenvalue weighted by atomic mass is 16.1. The summed E-state index contributed by atoms with van der Waals surface area (Å²) in [5.41, 5.74) is 0. The molecule has 1 atom stereocenters. The van der Waals surface area contributed by atoms with Crippen molar-refractivity contribution < 1.29 is 4.79 Å². The summed E-state index contributed by atoms with van der Waals surface area (Å²) in [6, 6.07) is 0.464. The zero-order valence-electron chi connectivity index (χ0n) is 10.4. The molecule has 0 radical (unpaired) electrons. The third-order valence-electron chi connectivity index (χ3n) is 3.62. The Labute approximate surface area is 93.8 Å². The first kappa shape index (κ1) is 12.5. The Morgan fingerprint density at radius 3 is 2.33 bits per heavy atom. The summed E-state index contributed by atoms with van der Waals surface area (Å²) in [6.45, 7) is 6.52. The molecule has 0 unspecified atom stereocenters. The molecule has 2 heteroatoms. The Kier molecular flexibility index (Phi) is 5.13. The van der Waals surface area contributed by atoms with Crippen molar-refractivity contribution >= 4 is 5.91 Å². The van der Waals surface area contributed by atoms with Crippen LogP contribution in [0.5, 0.6) is 0 Å². The SMILES string of the molecule is CC(C)[C@@H](C)CC(=O)NC1CCCCC1. The molecule has 1 saturated carbocycles. The standard InChI is InChI=1S/C13H25NO/c1-10(2)11(3)9-13(15)14-12-7-5-4-6-8-12/h10-12H,4-9H2,1-3H3,(H,14,15)/t11-/m0/s1. The van der Waals surface area contributed by atoms with E-state index in [4.69, 9.17) is 0 Å². The average molecular weight is 211 g/mol. The maximum atomic E-state index is 11.7. The first-order valence-corrected chi connectivity index (χ1v) is 6.39. The third-order valence-corrected chi connectivity index (χ3v) is 3.62. The van der Waals surface area contributed by atoms with Gasteiger partial charge in [0.25, 0.3) is 0 Å². The van der Waals surface area contributed by atoms with Gasteiger partial charge in [-0.25, -0.2) is 0 Å². The number of hydrogen-bond donors (Lipinski definition) is 1. The number of hydrogen-bond acceptors (Lipinski definition) is 1. The van der Waals surface area contributed by atoms with E-state index < -0.39 is 0 Å². The van der Waals surface area contributed by atoms with Gasteiger partial charge < -0.3 is 5.32 Å². The van der Waals surface area contributed by atoms with Crippen LogP contribution >= 0.6 is 0 Å². The monoisotopic (exact) mass is 211 g/mol. The fraction of sp³-hybridized carbons (Fsp3) is 0.923. The minimum Gasteiger partial charge on any atom is -0.353 e. The normalized spacial score (nSPS) is 20.3. The predicted octanol–water partition coefficient (Wildman–Crippen LogP) is 3.12. The summed E-state index contributed by atoms with van der Waals surface area (Å²) < 4.78 is 0. The second-order valence-corrected chi connectivity index (χ2v) is 5.33. The molecule has 0 aromatic heterocycles. The summed E-state index contributed by atoms with van der Waals surface area (Å²) in [4.78, 5) is 11.7. The van der Waals surface area contributed by atoms with Gasteiger partial charge >= 0.3 is 0 Å². The maximum Gasteiger partial charge on any atom is 0.220 e. The number of carbonyl (C=O) groups is 1. The van der Waals surface area contributed by atoms with Gasteiger partial charge in [0.05, 0.1) is 0 Å². The number of rotatable bonds is 4. The van der Waals surface area contributed by atoms with E-state index in [0.29, 0.717) is 24.3 Å². The Hall–Kier alpha value is -0.530. The fourth-order valence-electron chi connectivity index (χ4n) is 2.06. The molecule has 0 aromatic carbocycles. The minimum absolute atomic E-state index is 0.253. The fourth-order valence-corrected chi connectivity index (χ4v) is 2.06. The van der Waals surface area contributed by atoms with Gasteiger partial charge in [-0.05, 0) is 24.7 Å². The van der Waals surface area contributed by atoms with Crippen molar-refractivity contribution in [1.82, 2.24) is 5.32 Å². The number of nitrogens with one attached hydrogen (secondary N) is 1. The first-order valence-electron chi connectivity index (χ1n) is 6.39. The molecule has 0 saturated heterocycles. The van der Waals surface area contributed by atoms with Crippen molar-refractivity contribution in [3.8, 4) is 0 Å². The van der Waals surface area contributed by atoms with Crippen LogP contribution in [0.15, 0.2) is 0 Å². The molecule has 1 amide bonds. The van der Waals surface area contributed by atoms with Crippen LogP contribution in [0.1, 0.15) is 59.3 Å². The largest absolute Gasteiger partial charge is 0.353 e. The quantitative estimate of drug-likeness (QED) is 0.760. The average Bonchev–Trinajstić information content (AvgIpc) is 2.18. The summed E-state index contributed by atoms with van der Waals surface area (Å²) in [5.74, 6) is 1.35.